The molecule has 3 aromatic rings. The number of aromatic nitrogens is 4. The molecular weight excluding hydrogens is 360 g/mol. The number of fused-ring (bicyclic) bond motifs is 1. The van der Waals surface area contributed by atoms with Crippen molar-refractivity contribution in [2.24, 2.45) is 0 Å². The second-order valence-corrected chi connectivity index (χ2v) is 7.49. The van der Waals surface area contributed by atoms with Gasteiger partial charge in [-0.3, -0.25) is 0 Å². The van der Waals surface area contributed by atoms with Gasteiger partial charge in [0.25, 0.3) is 0 Å². The van der Waals surface area contributed by atoms with Gasteiger partial charge < -0.3 is 15.4 Å². The highest BCUT2D eigenvalue weighted by Gasteiger charge is 2.21. The number of nitrogens with zero attached hydrogens (tertiary/aromatic N) is 5. The molecule has 1 saturated heterocycles. The molecule has 1 aliphatic heterocycles. The molecule has 0 saturated carbocycles. The Morgan fingerprint density at radius 3 is 2.81 bits per heavy atom. The Bertz CT molecular complexity index is 1020. The molecule has 0 atom stereocenters. The van der Waals surface area contributed by atoms with Crippen LogP contribution in [0.5, 0.6) is 0 Å². The second kappa shape index (κ2) is 6.71. The van der Waals surface area contributed by atoms with Crippen molar-refractivity contribution in [2.75, 3.05) is 36.9 Å². The van der Waals surface area contributed by atoms with Crippen molar-refractivity contribution < 1.29 is 4.74 Å². The van der Waals surface area contributed by atoms with E-state index in [0.717, 1.165) is 66.1 Å². The number of benzene rings is 1. The van der Waals surface area contributed by atoms with Crippen molar-refractivity contribution >= 4 is 27.9 Å². The Morgan fingerprint density at radius 2 is 2.00 bits per heavy atom. The van der Waals surface area contributed by atoms with E-state index in [1.807, 2.05) is 12.3 Å². The molecule has 5 rings (SSSR count). The van der Waals surface area contributed by atoms with Gasteiger partial charge >= 0.3 is 0 Å². The number of nitrogen functional groups attached to an aromatic ring is 1. The largest absolute Gasteiger partial charge is 0.378 e. The second-order valence-electron chi connectivity index (χ2n) is 6.48. The molecule has 1 aliphatic carbocycles. The van der Waals surface area contributed by atoms with E-state index in [4.69, 9.17) is 15.5 Å². The summed E-state index contributed by atoms with van der Waals surface area (Å²) in [5, 5.41) is 9.38. The maximum Gasteiger partial charge on any atom is 0.203 e. The lowest BCUT2D eigenvalue weighted by Crippen LogP contribution is -2.36. The van der Waals surface area contributed by atoms with E-state index in [-0.39, 0.29) is 0 Å². The standard InChI is InChI=1S/C19H18N6OS/c20-19-24-23-18(27-19)13-2-1-12-3-4-14(15(12)11-13)17-21-6-5-16(22-17)25-7-9-26-10-8-25/h1-2,4-6,11H,3,7-10H2,(H2,20,24). The minimum atomic E-state index is 0.475. The third kappa shape index (κ3) is 3.07. The van der Waals surface area contributed by atoms with Gasteiger partial charge in [0, 0.05) is 30.4 Å². The fourth-order valence-electron chi connectivity index (χ4n) is 3.47. The van der Waals surface area contributed by atoms with Crippen molar-refractivity contribution in [3.05, 3.63) is 53.5 Å². The zero-order valence-corrected chi connectivity index (χ0v) is 15.4. The van der Waals surface area contributed by atoms with Crippen molar-refractivity contribution in [1.82, 2.24) is 20.2 Å². The van der Waals surface area contributed by atoms with E-state index in [9.17, 15) is 0 Å². The topological polar surface area (TPSA) is 90.0 Å². The van der Waals surface area contributed by atoms with Crippen LogP contribution in [0.15, 0.2) is 36.5 Å². The minimum Gasteiger partial charge on any atom is -0.378 e. The number of rotatable bonds is 3. The van der Waals surface area contributed by atoms with Gasteiger partial charge in [0.05, 0.1) is 13.2 Å². The summed E-state index contributed by atoms with van der Waals surface area (Å²) in [4.78, 5) is 11.6. The molecule has 8 heteroatoms. The lowest BCUT2D eigenvalue weighted by molar-refractivity contribution is 0.122. The Labute approximate surface area is 160 Å². The van der Waals surface area contributed by atoms with Crippen LogP contribution >= 0.6 is 11.3 Å². The fraction of sp³-hybridized carbons (Fsp3) is 0.263. The molecule has 0 unspecified atom stereocenters. The van der Waals surface area contributed by atoms with Crippen molar-refractivity contribution in [1.29, 1.82) is 0 Å². The summed E-state index contributed by atoms with van der Waals surface area (Å²) in [6.45, 7) is 3.18. The Hall–Kier alpha value is -2.84. The monoisotopic (exact) mass is 378 g/mol. The van der Waals surface area contributed by atoms with Crippen LogP contribution in [0, 0.1) is 0 Å². The third-order valence-corrected chi connectivity index (χ3v) is 5.63. The predicted octanol–water partition coefficient (Wildman–Crippen LogP) is 2.40. The maximum atomic E-state index is 5.73. The zero-order valence-electron chi connectivity index (χ0n) is 14.6. The summed E-state index contributed by atoms with van der Waals surface area (Å²) < 4.78 is 5.44. The van der Waals surface area contributed by atoms with Crippen molar-refractivity contribution in [2.45, 2.75) is 6.42 Å². The van der Waals surface area contributed by atoms with E-state index in [2.05, 4.69) is 44.4 Å². The number of hydrogen-bond acceptors (Lipinski definition) is 8. The fourth-order valence-corrected chi connectivity index (χ4v) is 4.08. The zero-order chi connectivity index (χ0) is 18.2. The van der Waals surface area contributed by atoms with Crippen molar-refractivity contribution in [3.63, 3.8) is 0 Å². The highest BCUT2D eigenvalue weighted by Crippen LogP contribution is 2.35. The van der Waals surface area contributed by atoms with Crippen LogP contribution in [0.4, 0.5) is 10.9 Å². The highest BCUT2D eigenvalue weighted by molar-refractivity contribution is 7.18. The number of allylic oxidation sites excluding steroid dienone is 1. The van der Waals surface area contributed by atoms with Gasteiger partial charge in [-0.1, -0.05) is 29.5 Å². The first kappa shape index (κ1) is 16.3. The van der Waals surface area contributed by atoms with Crippen LogP contribution in [-0.4, -0.2) is 46.5 Å². The van der Waals surface area contributed by atoms with Gasteiger partial charge in [0.2, 0.25) is 5.13 Å². The van der Waals surface area contributed by atoms with E-state index in [0.29, 0.717) is 5.13 Å². The average Bonchev–Trinajstić information content (AvgIpc) is 3.34. The van der Waals surface area contributed by atoms with Gasteiger partial charge in [0.15, 0.2) is 5.82 Å². The van der Waals surface area contributed by atoms with Crippen molar-refractivity contribution in [3.8, 4) is 10.6 Å². The SMILES string of the molecule is Nc1nnc(-c2ccc3c(c2)C(c2nccc(N4CCOCC4)n2)=CC3)s1. The molecule has 2 aliphatic rings. The van der Waals surface area contributed by atoms with Gasteiger partial charge in [-0.2, -0.15) is 0 Å². The average molecular weight is 378 g/mol. The van der Waals surface area contributed by atoms with Crippen LogP contribution in [0.25, 0.3) is 16.1 Å². The summed E-state index contributed by atoms with van der Waals surface area (Å²) in [5.41, 5.74) is 10.2. The predicted molar refractivity (Wildman–Crippen MR) is 106 cm³/mol. The quantitative estimate of drug-likeness (QED) is 0.748. The number of anilines is 2. The highest BCUT2D eigenvalue weighted by atomic mass is 32.1. The molecule has 1 fully saturated rings. The van der Waals surface area contributed by atoms with Crippen LogP contribution in [0.2, 0.25) is 0 Å². The molecule has 2 N–H and O–H groups in total. The van der Waals surface area contributed by atoms with E-state index >= 15 is 0 Å². The molecular formula is C19H18N6OS. The minimum absolute atomic E-state index is 0.475. The summed E-state index contributed by atoms with van der Waals surface area (Å²) in [6, 6.07) is 8.31. The number of hydrogen-bond donors (Lipinski definition) is 1. The molecule has 1 aromatic carbocycles. The normalized spacial score (nSPS) is 16.3. The maximum absolute atomic E-state index is 5.73. The van der Waals surface area contributed by atoms with Gasteiger partial charge in [-0.25, -0.2) is 9.97 Å². The Balaban J connectivity index is 1.50. The van der Waals surface area contributed by atoms with Gasteiger partial charge in [0.1, 0.15) is 10.8 Å². The third-order valence-electron chi connectivity index (χ3n) is 4.83. The lowest BCUT2D eigenvalue weighted by atomic mass is 10.0. The molecule has 2 aromatic heterocycles. The van der Waals surface area contributed by atoms with Crippen LogP contribution in [0.1, 0.15) is 17.0 Å². The summed E-state index contributed by atoms with van der Waals surface area (Å²) in [6.07, 6.45) is 4.91. The van der Waals surface area contributed by atoms with E-state index in [1.165, 1.54) is 16.9 Å². The van der Waals surface area contributed by atoms with E-state index < -0.39 is 0 Å². The van der Waals surface area contributed by atoms with Crippen LogP contribution in [0.3, 0.4) is 0 Å². The number of nitrogens with two attached hydrogens (primary N) is 1. The molecule has 136 valence electrons. The van der Waals surface area contributed by atoms with Gasteiger partial charge in [-0.15, -0.1) is 10.2 Å². The molecule has 7 nitrogen and oxygen atoms in total. The van der Waals surface area contributed by atoms with Crippen LogP contribution < -0.4 is 10.6 Å². The number of ether oxygens (including phenoxy) is 1. The van der Waals surface area contributed by atoms with Gasteiger partial charge in [-0.05, 0) is 29.7 Å². The first-order chi connectivity index (χ1) is 13.3. The molecule has 0 bridgehead atoms. The molecule has 0 amide bonds. The first-order valence-electron chi connectivity index (χ1n) is 8.87. The molecule has 0 spiro atoms. The lowest BCUT2D eigenvalue weighted by Gasteiger charge is -2.27. The first-order valence-corrected chi connectivity index (χ1v) is 9.68. The van der Waals surface area contributed by atoms with E-state index in [1.54, 1.807) is 0 Å². The Kier molecular flexibility index (Phi) is 4.06. The molecule has 3 heterocycles. The Morgan fingerprint density at radius 1 is 1.11 bits per heavy atom. The summed E-state index contributed by atoms with van der Waals surface area (Å²) >= 11 is 1.39. The molecule has 0 radical (unpaired) electrons. The van der Waals surface area contributed by atoms with Crippen LogP contribution in [-0.2, 0) is 11.2 Å². The smallest absolute Gasteiger partial charge is 0.203 e. The summed E-state index contributed by atoms with van der Waals surface area (Å²) in [5.74, 6) is 1.71. The number of morpholine rings is 1. The molecule has 27 heavy (non-hydrogen) atoms. The summed E-state index contributed by atoms with van der Waals surface area (Å²) in [7, 11) is 0.